The molecule has 0 saturated heterocycles. The summed E-state index contributed by atoms with van der Waals surface area (Å²) in [7, 11) is -1.29. The molecule has 0 atom stereocenters. The van der Waals surface area contributed by atoms with Crippen molar-refractivity contribution in [2.24, 2.45) is 0 Å². The fourth-order valence-electron chi connectivity index (χ4n) is 2.20. The lowest BCUT2D eigenvalue weighted by atomic mass is 9.87. The zero-order valence-corrected chi connectivity index (χ0v) is 16.4. The van der Waals surface area contributed by atoms with Crippen LogP contribution in [0.2, 0.25) is 0 Å². The van der Waals surface area contributed by atoms with Gasteiger partial charge in [-0.2, -0.15) is 0 Å². The Hall–Kier alpha value is -2.06. The van der Waals surface area contributed by atoms with E-state index in [1.54, 1.807) is 12.1 Å². The van der Waals surface area contributed by atoms with Gasteiger partial charge in [-0.25, -0.2) is 13.2 Å². The highest BCUT2D eigenvalue weighted by atomic mass is 32.2. The normalized spacial score (nSPS) is 11.9. The summed E-state index contributed by atoms with van der Waals surface area (Å²) in [6.45, 7) is 6.09. The van der Waals surface area contributed by atoms with E-state index in [1.165, 1.54) is 25.7 Å². The van der Waals surface area contributed by atoms with Gasteiger partial charge in [0.1, 0.15) is 15.5 Å². The van der Waals surface area contributed by atoms with E-state index >= 15 is 0 Å². The topological polar surface area (TPSA) is 81.7 Å². The van der Waals surface area contributed by atoms with E-state index in [-0.39, 0.29) is 15.2 Å². The van der Waals surface area contributed by atoms with Gasteiger partial charge >= 0.3 is 5.97 Å². The number of methoxy groups -OCH3 is 2. The van der Waals surface area contributed by atoms with Crippen LogP contribution in [0.5, 0.6) is 5.75 Å². The number of hydrogen-bond donors (Lipinski definition) is 1. The summed E-state index contributed by atoms with van der Waals surface area (Å²) in [5, 5.41) is 1.53. The predicted molar refractivity (Wildman–Crippen MR) is 98.2 cm³/mol. The highest BCUT2D eigenvalue weighted by Gasteiger charge is 2.26. The van der Waals surface area contributed by atoms with Gasteiger partial charge in [-0.1, -0.05) is 26.8 Å². The fraction of sp³-hybridized carbons (Fsp3) is 0.353. The van der Waals surface area contributed by atoms with Gasteiger partial charge in [-0.15, -0.1) is 11.3 Å². The molecule has 0 fully saturated rings. The monoisotopic (exact) mass is 383 g/mol. The Morgan fingerprint density at radius 3 is 2.40 bits per heavy atom. The molecule has 1 heterocycles. The van der Waals surface area contributed by atoms with Crippen LogP contribution in [0.3, 0.4) is 0 Å². The average molecular weight is 383 g/mol. The number of thiophene rings is 1. The minimum atomic E-state index is -3.97. The maximum absolute atomic E-state index is 12.8. The lowest BCUT2D eigenvalue weighted by molar-refractivity contribution is 0.0602. The molecule has 2 rings (SSSR count). The number of hydrogen-bond acceptors (Lipinski definition) is 6. The van der Waals surface area contributed by atoms with Crippen molar-refractivity contribution in [1.29, 1.82) is 0 Å². The van der Waals surface area contributed by atoms with Crippen LogP contribution in [0.1, 0.15) is 36.0 Å². The van der Waals surface area contributed by atoms with Gasteiger partial charge in [0.15, 0.2) is 0 Å². The molecule has 1 aromatic carbocycles. The Balaban J connectivity index is 2.48. The third-order valence-corrected chi connectivity index (χ3v) is 6.03. The molecule has 6 nitrogen and oxygen atoms in total. The molecule has 0 spiro atoms. The molecule has 1 aromatic heterocycles. The van der Waals surface area contributed by atoms with Gasteiger partial charge in [0.05, 0.1) is 19.9 Å². The Morgan fingerprint density at radius 1 is 1.16 bits per heavy atom. The van der Waals surface area contributed by atoms with Gasteiger partial charge in [0.25, 0.3) is 10.0 Å². The number of rotatable bonds is 5. The lowest BCUT2D eigenvalue weighted by Gasteiger charge is -2.21. The van der Waals surface area contributed by atoms with E-state index < -0.39 is 16.0 Å². The van der Waals surface area contributed by atoms with Crippen LogP contribution in [0.25, 0.3) is 0 Å². The molecular weight excluding hydrogens is 362 g/mol. The van der Waals surface area contributed by atoms with E-state index in [4.69, 9.17) is 4.74 Å². The van der Waals surface area contributed by atoms with Crippen molar-refractivity contribution in [3.63, 3.8) is 0 Å². The molecule has 0 amide bonds. The highest BCUT2D eigenvalue weighted by molar-refractivity contribution is 7.93. The van der Waals surface area contributed by atoms with Crippen LogP contribution in [-0.2, 0) is 20.2 Å². The molecule has 0 unspecified atom stereocenters. The van der Waals surface area contributed by atoms with Crippen LogP contribution in [0, 0.1) is 0 Å². The average Bonchev–Trinajstić information content (AvgIpc) is 3.03. The Morgan fingerprint density at radius 2 is 1.84 bits per heavy atom. The summed E-state index contributed by atoms with van der Waals surface area (Å²) in [4.78, 5) is 11.7. The molecule has 0 bridgehead atoms. The molecule has 1 N–H and O–H groups in total. The zero-order valence-electron chi connectivity index (χ0n) is 14.7. The molecule has 0 aliphatic carbocycles. The van der Waals surface area contributed by atoms with Crippen molar-refractivity contribution in [2.45, 2.75) is 31.1 Å². The predicted octanol–water partition coefficient (Wildman–Crippen LogP) is 3.64. The number of sulfonamides is 1. The van der Waals surface area contributed by atoms with Crippen LogP contribution in [0.15, 0.2) is 34.5 Å². The smallest absolute Gasteiger partial charge is 0.349 e. The first-order valence-corrected chi connectivity index (χ1v) is 9.83. The quantitative estimate of drug-likeness (QED) is 0.797. The van der Waals surface area contributed by atoms with Gasteiger partial charge in [-0.3, -0.25) is 4.72 Å². The number of carbonyl (C=O) groups is 1. The lowest BCUT2D eigenvalue weighted by Crippen LogP contribution is -2.17. The van der Waals surface area contributed by atoms with Crippen molar-refractivity contribution in [2.75, 3.05) is 18.9 Å². The Labute approximate surface area is 151 Å². The number of carbonyl (C=O) groups excluding carboxylic acids is 1. The second-order valence-corrected chi connectivity index (χ2v) is 8.94. The third-order valence-electron chi connectivity index (χ3n) is 3.60. The maximum Gasteiger partial charge on any atom is 0.349 e. The van der Waals surface area contributed by atoms with E-state index in [2.05, 4.69) is 9.46 Å². The standard InChI is InChI=1S/C17H21NO5S2/c1-17(2,3)11-6-7-13(22-4)12(10-11)18-25(20,21)14-8-9-24-15(14)16(19)23-5/h6-10,18H,1-5H3. The van der Waals surface area contributed by atoms with Crippen molar-refractivity contribution in [3.05, 3.63) is 40.1 Å². The van der Waals surface area contributed by atoms with E-state index in [1.807, 2.05) is 26.8 Å². The third kappa shape index (κ3) is 4.13. The SMILES string of the molecule is COC(=O)c1sccc1S(=O)(=O)Nc1cc(C(C)(C)C)ccc1OC. The largest absolute Gasteiger partial charge is 0.495 e. The number of esters is 1. The number of nitrogens with one attached hydrogen (secondary N) is 1. The van der Waals surface area contributed by atoms with Gasteiger partial charge < -0.3 is 9.47 Å². The molecule has 0 saturated carbocycles. The fourth-order valence-corrected chi connectivity index (χ4v) is 4.60. The Bertz CT molecular complexity index is 879. The number of ether oxygens (including phenoxy) is 2. The molecule has 136 valence electrons. The van der Waals surface area contributed by atoms with E-state index in [9.17, 15) is 13.2 Å². The summed E-state index contributed by atoms with van der Waals surface area (Å²) in [5.41, 5.74) is 1.10. The van der Waals surface area contributed by atoms with Crippen LogP contribution >= 0.6 is 11.3 Å². The first-order chi connectivity index (χ1) is 11.6. The second kappa shape index (κ2) is 7.05. The minimum absolute atomic E-state index is 0.0287. The summed E-state index contributed by atoms with van der Waals surface area (Å²) < 4.78 is 38.0. The van der Waals surface area contributed by atoms with E-state index in [0.29, 0.717) is 11.4 Å². The molecule has 0 aliphatic rings. The summed E-state index contributed by atoms with van der Waals surface area (Å²) in [6, 6.07) is 6.72. The summed E-state index contributed by atoms with van der Waals surface area (Å²) >= 11 is 1.01. The molecule has 25 heavy (non-hydrogen) atoms. The first-order valence-electron chi connectivity index (χ1n) is 7.47. The maximum atomic E-state index is 12.8. The van der Waals surface area contributed by atoms with Crippen molar-refractivity contribution in [3.8, 4) is 5.75 Å². The van der Waals surface area contributed by atoms with Crippen LogP contribution < -0.4 is 9.46 Å². The zero-order chi connectivity index (χ0) is 18.8. The van der Waals surface area contributed by atoms with Crippen molar-refractivity contribution in [1.82, 2.24) is 0 Å². The van der Waals surface area contributed by atoms with Crippen LogP contribution in [0.4, 0.5) is 5.69 Å². The highest BCUT2D eigenvalue weighted by Crippen LogP contribution is 2.33. The first kappa shape index (κ1) is 19.3. The van der Waals surface area contributed by atoms with Gasteiger partial charge in [-0.05, 0) is 34.6 Å². The van der Waals surface area contributed by atoms with Gasteiger partial charge in [0, 0.05) is 0 Å². The number of anilines is 1. The molecule has 8 heteroatoms. The van der Waals surface area contributed by atoms with Crippen LogP contribution in [-0.4, -0.2) is 28.6 Å². The van der Waals surface area contributed by atoms with Crippen molar-refractivity contribution < 1.29 is 22.7 Å². The Kier molecular flexibility index (Phi) is 5.43. The second-order valence-electron chi connectivity index (χ2n) is 6.38. The van der Waals surface area contributed by atoms with Gasteiger partial charge in [0.2, 0.25) is 0 Å². The molecule has 0 aliphatic heterocycles. The summed E-state index contributed by atoms with van der Waals surface area (Å²) in [6.07, 6.45) is 0. The molecule has 2 aromatic rings. The minimum Gasteiger partial charge on any atom is -0.495 e. The van der Waals surface area contributed by atoms with Crippen molar-refractivity contribution >= 4 is 33.0 Å². The summed E-state index contributed by atoms with van der Waals surface area (Å²) in [5.74, 6) is -0.294. The molecule has 0 radical (unpaired) electrons. The number of benzene rings is 1. The molecular formula is C17H21NO5S2. The van der Waals surface area contributed by atoms with E-state index in [0.717, 1.165) is 16.9 Å².